The van der Waals surface area contributed by atoms with Crippen LogP contribution in [0.25, 0.3) is 0 Å². The first-order chi connectivity index (χ1) is 20.9. The van der Waals surface area contributed by atoms with Crippen LogP contribution in [-0.4, -0.2) is 47.7 Å². The Hall–Kier alpha value is -5.35. The minimum absolute atomic E-state index is 0.0166. The number of ether oxygens (including phenoxy) is 1. The fourth-order valence-corrected chi connectivity index (χ4v) is 4.88. The number of anilines is 2. The van der Waals surface area contributed by atoms with Crippen LogP contribution in [0.2, 0.25) is 0 Å². The second kappa shape index (κ2) is 13.1. The molecule has 0 saturated carbocycles. The fourth-order valence-electron chi connectivity index (χ4n) is 4.56. The molecule has 5 rings (SSSR count). The highest BCUT2D eigenvalue weighted by Gasteiger charge is 2.46. The quantitative estimate of drug-likeness (QED) is 0.156. The molecule has 1 saturated heterocycles. The van der Waals surface area contributed by atoms with E-state index in [-0.39, 0.29) is 17.2 Å². The Kier molecular flexibility index (Phi) is 8.88. The van der Waals surface area contributed by atoms with Gasteiger partial charge in [0, 0.05) is 24.0 Å². The van der Waals surface area contributed by atoms with E-state index < -0.39 is 23.6 Å². The zero-order valence-electron chi connectivity index (χ0n) is 23.6. The van der Waals surface area contributed by atoms with Crippen LogP contribution in [0, 0.1) is 12.8 Å². The second-order valence-corrected chi connectivity index (χ2v) is 10.1. The molecule has 4 aromatic carbocycles. The van der Waals surface area contributed by atoms with Gasteiger partial charge in [0.15, 0.2) is 0 Å². The molecule has 9 nitrogen and oxygen atoms in total. The van der Waals surface area contributed by atoms with E-state index >= 15 is 0 Å². The fraction of sp³-hybridized carbons (Fsp3) is 0.121. The molecule has 1 aliphatic heterocycles. The van der Waals surface area contributed by atoms with Crippen molar-refractivity contribution in [2.24, 2.45) is 10.9 Å². The molecule has 2 N–H and O–H groups in total. The number of hydrogen-bond donors (Lipinski definition) is 2. The molecule has 1 aliphatic rings. The van der Waals surface area contributed by atoms with Crippen molar-refractivity contribution in [1.29, 1.82) is 0 Å². The Morgan fingerprint density at radius 3 is 2.30 bits per heavy atom. The van der Waals surface area contributed by atoms with Gasteiger partial charge in [-0.15, -0.1) is 0 Å². The highest BCUT2D eigenvalue weighted by Crippen LogP contribution is 2.32. The van der Waals surface area contributed by atoms with E-state index in [1.54, 1.807) is 54.7 Å². The first-order valence-electron chi connectivity index (χ1n) is 13.5. The molecular formula is C33H29N5O4S. The summed E-state index contributed by atoms with van der Waals surface area (Å²) in [6.45, 7) is 1.91. The van der Waals surface area contributed by atoms with Crippen molar-refractivity contribution in [3.8, 4) is 5.75 Å². The molecule has 0 aromatic heterocycles. The first kappa shape index (κ1) is 29.2. The van der Waals surface area contributed by atoms with Gasteiger partial charge in [-0.05, 0) is 72.7 Å². The lowest BCUT2D eigenvalue weighted by Gasteiger charge is -2.39. The van der Waals surface area contributed by atoms with E-state index in [1.165, 1.54) is 12.0 Å². The average molecular weight is 592 g/mol. The standard InChI is InChI=1S/C33H29N5O4S/c1-22-10-6-7-13-27(22)35-21-26-31(40)37(28-14-8-9-15-29(28)42-2)33(43)38(32(26)41)36-30(39)24-16-18-25(19-17-24)34-20-23-11-4-3-5-12-23/h3-20,26,35H,21H2,1-2H3,(H,36,39). The summed E-state index contributed by atoms with van der Waals surface area (Å²) >= 11 is 5.61. The van der Waals surface area contributed by atoms with Crippen molar-refractivity contribution in [3.63, 3.8) is 0 Å². The number of hydrogen-bond acceptors (Lipinski definition) is 7. The van der Waals surface area contributed by atoms with Gasteiger partial charge in [-0.3, -0.25) is 29.7 Å². The highest BCUT2D eigenvalue weighted by atomic mass is 32.1. The molecule has 1 fully saturated rings. The maximum Gasteiger partial charge on any atom is 0.270 e. The summed E-state index contributed by atoms with van der Waals surface area (Å²) < 4.78 is 5.48. The molecule has 1 heterocycles. The number of carbonyl (C=O) groups excluding carboxylic acids is 3. The summed E-state index contributed by atoms with van der Waals surface area (Å²) in [5, 5.41) is 3.96. The number of carbonyl (C=O) groups is 3. The minimum atomic E-state index is -1.19. The number of amides is 3. The molecule has 43 heavy (non-hydrogen) atoms. The van der Waals surface area contributed by atoms with E-state index in [1.807, 2.05) is 61.5 Å². The number of hydrazine groups is 1. The monoisotopic (exact) mass is 591 g/mol. The predicted octanol–water partition coefficient (Wildman–Crippen LogP) is 5.29. The Morgan fingerprint density at radius 1 is 0.907 bits per heavy atom. The Balaban J connectivity index is 1.40. The molecular weight excluding hydrogens is 562 g/mol. The minimum Gasteiger partial charge on any atom is -0.495 e. The Labute approximate surface area is 254 Å². The number of nitrogens with one attached hydrogen (secondary N) is 2. The van der Waals surface area contributed by atoms with Crippen molar-refractivity contribution in [1.82, 2.24) is 10.4 Å². The molecule has 0 spiro atoms. The number of para-hydroxylation sites is 3. The maximum atomic E-state index is 13.8. The van der Waals surface area contributed by atoms with Gasteiger partial charge >= 0.3 is 0 Å². The predicted molar refractivity (Wildman–Crippen MR) is 171 cm³/mol. The lowest BCUT2D eigenvalue weighted by atomic mass is 10.0. The molecule has 1 atom stereocenters. The van der Waals surface area contributed by atoms with Crippen molar-refractivity contribution in [3.05, 3.63) is 120 Å². The van der Waals surface area contributed by atoms with Gasteiger partial charge in [-0.1, -0.05) is 60.7 Å². The van der Waals surface area contributed by atoms with Gasteiger partial charge in [0.1, 0.15) is 11.7 Å². The van der Waals surface area contributed by atoms with Crippen LogP contribution in [-0.2, 0) is 9.59 Å². The second-order valence-electron chi connectivity index (χ2n) is 9.71. The summed E-state index contributed by atoms with van der Waals surface area (Å²) in [5.74, 6) is -2.57. The van der Waals surface area contributed by atoms with E-state index in [4.69, 9.17) is 17.0 Å². The van der Waals surface area contributed by atoms with Gasteiger partial charge in [-0.2, -0.15) is 5.01 Å². The topological polar surface area (TPSA) is 103 Å². The van der Waals surface area contributed by atoms with Crippen molar-refractivity contribution >= 4 is 58.3 Å². The SMILES string of the molecule is COc1ccccc1N1C(=O)C(CNc2ccccc2C)C(=O)N(NC(=O)c2ccc(N=Cc3ccccc3)cc2)C1=S. The maximum absolute atomic E-state index is 13.8. The van der Waals surface area contributed by atoms with E-state index in [2.05, 4.69) is 15.7 Å². The third-order valence-electron chi connectivity index (χ3n) is 6.89. The average Bonchev–Trinajstić information content (AvgIpc) is 3.03. The first-order valence-corrected chi connectivity index (χ1v) is 13.9. The van der Waals surface area contributed by atoms with E-state index in [9.17, 15) is 14.4 Å². The molecule has 0 radical (unpaired) electrons. The number of benzene rings is 4. The van der Waals surface area contributed by atoms with E-state index in [0.29, 0.717) is 17.1 Å². The lowest BCUT2D eigenvalue weighted by molar-refractivity contribution is -0.140. The third-order valence-corrected chi connectivity index (χ3v) is 7.26. The lowest BCUT2D eigenvalue weighted by Crippen LogP contribution is -2.65. The zero-order valence-corrected chi connectivity index (χ0v) is 24.4. The summed E-state index contributed by atoms with van der Waals surface area (Å²) in [4.78, 5) is 46.5. The zero-order chi connectivity index (χ0) is 30.3. The molecule has 0 aliphatic carbocycles. The number of thiocarbonyl (C=S) groups is 1. The smallest absolute Gasteiger partial charge is 0.270 e. The van der Waals surface area contributed by atoms with Gasteiger partial charge in [0.05, 0.1) is 18.5 Å². The van der Waals surface area contributed by atoms with Crippen molar-refractivity contribution < 1.29 is 19.1 Å². The molecule has 3 amide bonds. The summed E-state index contributed by atoms with van der Waals surface area (Å²) in [5.41, 5.74) is 6.59. The summed E-state index contributed by atoms with van der Waals surface area (Å²) in [6, 6.07) is 30.6. The van der Waals surface area contributed by atoms with Crippen LogP contribution >= 0.6 is 12.2 Å². The normalized spacial score (nSPS) is 15.1. The molecule has 10 heteroatoms. The van der Waals surface area contributed by atoms with Gasteiger partial charge < -0.3 is 10.1 Å². The molecule has 1 unspecified atom stereocenters. The number of nitrogens with zero attached hydrogens (tertiary/aromatic N) is 3. The van der Waals surface area contributed by atoms with Crippen molar-refractivity contribution in [2.75, 3.05) is 23.9 Å². The van der Waals surface area contributed by atoms with E-state index in [0.717, 1.165) is 21.8 Å². The summed E-state index contributed by atoms with van der Waals surface area (Å²) in [7, 11) is 1.48. The molecule has 0 bridgehead atoms. The van der Waals surface area contributed by atoms with Crippen LogP contribution in [0.4, 0.5) is 17.1 Å². The number of methoxy groups -OCH3 is 1. The van der Waals surface area contributed by atoms with Crippen LogP contribution < -0.4 is 20.4 Å². The number of aliphatic imine (C=N–C) groups is 1. The Bertz CT molecular complexity index is 1690. The number of aryl methyl sites for hydroxylation is 1. The largest absolute Gasteiger partial charge is 0.495 e. The Morgan fingerprint density at radius 2 is 1.58 bits per heavy atom. The van der Waals surface area contributed by atoms with Crippen molar-refractivity contribution in [2.45, 2.75) is 6.92 Å². The number of rotatable bonds is 9. The van der Waals surface area contributed by atoms with Crippen LogP contribution in [0.3, 0.4) is 0 Å². The molecule has 4 aromatic rings. The van der Waals surface area contributed by atoms with Gasteiger partial charge in [0.2, 0.25) is 11.0 Å². The van der Waals surface area contributed by atoms with Crippen LogP contribution in [0.1, 0.15) is 21.5 Å². The van der Waals surface area contributed by atoms with Crippen LogP contribution in [0.15, 0.2) is 108 Å². The van der Waals surface area contributed by atoms with Crippen LogP contribution in [0.5, 0.6) is 5.75 Å². The van der Waals surface area contributed by atoms with Gasteiger partial charge in [-0.25, -0.2) is 0 Å². The third kappa shape index (κ3) is 6.44. The molecule has 216 valence electrons. The highest BCUT2D eigenvalue weighted by molar-refractivity contribution is 7.80. The summed E-state index contributed by atoms with van der Waals surface area (Å²) in [6.07, 6.45) is 1.73. The van der Waals surface area contributed by atoms with Gasteiger partial charge in [0.25, 0.3) is 11.8 Å².